The molecule has 0 aromatic carbocycles. The molecule has 1 aliphatic rings. The van der Waals surface area contributed by atoms with Crippen LogP contribution in [-0.2, 0) is 18.8 Å². The van der Waals surface area contributed by atoms with Crippen LogP contribution in [0.5, 0.6) is 0 Å². The zero-order valence-corrected chi connectivity index (χ0v) is 13.2. The maximum Gasteiger partial charge on any atom is 0.415 e. The van der Waals surface area contributed by atoms with E-state index in [9.17, 15) is 13.6 Å². The minimum absolute atomic E-state index is 0.0132. The summed E-state index contributed by atoms with van der Waals surface area (Å²) in [5.41, 5.74) is 0. The highest BCUT2D eigenvalue weighted by atomic mass is 32.2. The molecule has 0 fully saturated rings. The Hall–Kier alpha value is -0.660. The van der Waals surface area contributed by atoms with Gasteiger partial charge >= 0.3 is 11.2 Å². The van der Waals surface area contributed by atoms with Crippen LogP contribution in [0.2, 0.25) is 0 Å². The molecule has 0 bridgehead atoms. The average molecular weight is 324 g/mol. The lowest BCUT2D eigenvalue weighted by molar-refractivity contribution is -0.176. The minimum Gasteiger partial charge on any atom is -0.460 e. The molecule has 2 atom stereocenters. The summed E-state index contributed by atoms with van der Waals surface area (Å²) in [5.74, 6) is -0.498. The number of hydrogen-bond acceptors (Lipinski definition) is 5. The molecular weight excluding hydrogens is 302 g/mol. The van der Waals surface area contributed by atoms with Gasteiger partial charge in [-0.2, -0.15) is 13.1 Å². The topological polar surface area (TPSA) is 44.8 Å². The minimum atomic E-state index is -3.76. The summed E-state index contributed by atoms with van der Waals surface area (Å²) in [6.07, 6.45) is 9.13. The van der Waals surface area contributed by atoms with E-state index in [1.54, 1.807) is 0 Å². The number of ether oxygens (including phenoxy) is 1. The molecule has 0 aliphatic heterocycles. The first-order valence-electron chi connectivity index (χ1n) is 7.06. The quantitative estimate of drug-likeness (QED) is 0.168. The Morgan fingerprint density at radius 2 is 2.24 bits per heavy atom. The molecule has 0 saturated heterocycles. The van der Waals surface area contributed by atoms with E-state index in [2.05, 4.69) is 33.0 Å². The molecule has 7 heteroatoms. The number of carbonyl (C=O) groups excluding carboxylic acids is 1. The van der Waals surface area contributed by atoms with Crippen molar-refractivity contribution in [2.75, 3.05) is 13.7 Å². The highest BCUT2D eigenvalue weighted by Crippen LogP contribution is 2.31. The maximum absolute atomic E-state index is 13.2. The van der Waals surface area contributed by atoms with E-state index in [4.69, 9.17) is 0 Å². The average Bonchev–Trinajstić information content (AvgIpc) is 2.65. The van der Waals surface area contributed by atoms with Crippen molar-refractivity contribution in [2.24, 2.45) is 11.8 Å². The monoisotopic (exact) mass is 324 g/mol. The summed E-state index contributed by atoms with van der Waals surface area (Å²) in [5, 5.41) is -3.76. The Balaban J connectivity index is 2.22. The van der Waals surface area contributed by atoms with Crippen molar-refractivity contribution in [3.63, 3.8) is 0 Å². The third kappa shape index (κ3) is 7.24. The molecule has 21 heavy (non-hydrogen) atoms. The number of halogens is 2. The van der Waals surface area contributed by atoms with Gasteiger partial charge in [0.2, 0.25) is 0 Å². The van der Waals surface area contributed by atoms with Crippen LogP contribution < -0.4 is 0 Å². The standard InChI is InChI=1S/C14H22F2O4S/c1-11-6-3-4-7-12(10-11)8-5-9-19-13(17)14(15,16)21-20-18-2/h4,7,11-12H,3,5-6,8-10H2,1-2H3. The van der Waals surface area contributed by atoms with Crippen LogP contribution in [0.1, 0.15) is 39.0 Å². The van der Waals surface area contributed by atoms with Gasteiger partial charge in [0.1, 0.15) is 12.0 Å². The van der Waals surface area contributed by atoms with Crippen LogP contribution in [0.15, 0.2) is 12.2 Å². The molecule has 0 aromatic heterocycles. The lowest BCUT2D eigenvalue weighted by atomic mass is 9.92. The van der Waals surface area contributed by atoms with Crippen molar-refractivity contribution in [1.29, 1.82) is 0 Å². The number of allylic oxidation sites excluding steroid dienone is 2. The second kappa shape index (κ2) is 9.38. The highest BCUT2D eigenvalue weighted by Gasteiger charge is 2.43. The third-order valence-electron chi connectivity index (χ3n) is 3.34. The molecule has 0 N–H and O–H groups in total. The van der Waals surface area contributed by atoms with Gasteiger partial charge in [0.05, 0.1) is 13.7 Å². The molecule has 0 amide bonds. The van der Waals surface area contributed by atoms with Gasteiger partial charge < -0.3 is 4.74 Å². The van der Waals surface area contributed by atoms with Crippen LogP contribution in [0.3, 0.4) is 0 Å². The van der Waals surface area contributed by atoms with E-state index in [0.29, 0.717) is 18.3 Å². The lowest BCUT2D eigenvalue weighted by Gasteiger charge is -2.16. The fraction of sp³-hybridized carbons (Fsp3) is 0.786. The summed E-state index contributed by atoms with van der Waals surface area (Å²) in [4.78, 5) is 15.2. The van der Waals surface area contributed by atoms with Crippen LogP contribution in [0.4, 0.5) is 8.78 Å². The van der Waals surface area contributed by atoms with Crippen LogP contribution in [0, 0.1) is 11.8 Å². The van der Waals surface area contributed by atoms with Gasteiger partial charge in [0.25, 0.3) is 0 Å². The summed E-state index contributed by atoms with van der Waals surface area (Å²) in [6, 6.07) is 0. The predicted octanol–water partition coefficient (Wildman–Crippen LogP) is 4.12. The van der Waals surface area contributed by atoms with E-state index in [-0.39, 0.29) is 18.6 Å². The Morgan fingerprint density at radius 1 is 1.48 bits per heavy atom. The molecule has 4 nitrogen and oxygen atoms in total. The Kier molecular flexibility index (Phi) is 8.21. The SMILES string of the molecule is COOSC(F)(F)C(=O)OCCCC1C=CCCC(C)C1. The predicted molar refractivity (Wildman–Crippen MR) is 76.5 cm³/mol. The Morgan fingerprint density at radius 3 is 2.95 bits per heavy atom. The summed E-state index contributed by atoms with van der Waals surface area (Å²) >= 11 is -0.365. The van der Waals surface area contributed by atoms with Crippen molar-refractivity contribution >= 4 is 18.0 Å². The number of hydrogen-bond donors (Lipinski definition) is 0. The third-order valence-corrected chi connectivity index (χ3v) is 3.92. The number of rotatable bonds is 8. The molecule has 0 saturated carbocycles. The second-order valence-corrected chi connectivity index (χ2v) is 6.03. The number of alkyl halides is 2. The summed E-state index contributed by atoms with van der Waals surface area (Å²) < 4.78 is 34.9. The fourth-order valence-electron chi connectivity index (χ4n) is 2.30. The molecule has 2 unspecified atom stereocenters. The zero-order valence-electron chi connectivity index (χ0n) is 12.3. The van der Waals surface area contributed by atoms with Crippen molar-refractivity contribution in [3.8, 4) is 0 Å². The first-order chi connectivity index (χ1) is 9.95. The molecule has 0 spiro atoms. The largest absolute Gasteiger partial charge is 0.460 e. The van der Waals surface area contributed by atoms with Crippen LogP contribution >= 0.6 is 12.0 Å². The van der Waals surface area contributed by atoms with Crippen molar-refractivity contribution in [2.45, 2.75) is 44.3 Å². The smallest absolute Gasteiger partial charge is 0.415 e. The van der Waals surface area contributed by atoms with Gasteiger partial charge in [-0.25, -0.2) is 9.68 Å². The van der Waals surface area contributed by atoms with Gasteiger partial charge in [-0.1, -0.05) is 19.1 Å². The summed E-state index contributed by atoms with van der Waals surface area (Å²) in [7, 11) is 1.08. The molecule has 0 aromatic rings. The Bertz CT molecular complexity index is 350. The van der Waals surface area contributed by atoms with Crippen molar-refractivity contribution in [3.05, 3.63) is 12.2 Å². The summed E-state index contributed by atoms with van der Waals surface area (Å²) in [6.45, 7) is 2.20. The normalized spacial score (nSPS) is 22.9. The van der Waals surface area contributed by atoms with E-state index < -0.39 is 11.2 Å². The zero-order chi connectivity index (χ0) is 15.7. The fourth-order valence-corrected chi connectivity index (χ4v) is 2.58. The molecular formula is C14H22F2O4S. The Labute approximate surface area is 128 Å². The first kappa shape index (κ1) is 18.4. The van der Waals surface area contributed by atoms with E-state index in [1.165, 1.54) is 6.42 Å². The highest BCUT2D eigenvalue weighted by molar-refractivity contribution is 7.96. The van der Waals surface area contributed by atoms with E-state index >= 15 is 0 Å². The van der Waals surface area contributed by atoms with Crippen LogP contribution in [-0.4, -0.2) is 24.9 Å². The van der Waals surface area contributed by atoms with E-state index in [1.807, 2.05) is 0 Å². The first-order valence-corrected chi connectivity index (χ1v) is 7.80. The van der Waals surface area contributed by atoms with Gasteiger partial charge in [-0.3, -0.25) is 0 Å². The van der Waals surface area contributed by atoms with E-state index in [0.717, 1.165) is 26.4 Å². The molecule has 1 aliphatic carbocycles. The number of esters is 1. The molecule has 0 heterocycles. The van der Waals surface area contributed by atoms with Crippen molar-refractivity contribution < 1.29 is 27.5 Å². The molecule has 1 rings (SSSR count). The van der Waals surface area contributed by atoms with Crippen LogP contribution in [0.25, 0.3) is 0 Å². The molecule has 0 radical (unpaired) electrons. The van der Waals surface area contributed by atoms with Crippen molar-refractivity contribution in [1.82, 2.24) is 0 Å². The lowest BCUT2D eigenvalue weighted by Crippen LogP contribution is -2.27. The van der Waals surface area contributed by atoms with Gasteiger partial charge in [-0.15, -0.1) is 0 Å². The maximum atomic E-state index is 13.2. The van der Waals surface area contributed by atoms with Gasteiger partial charge in [0.15, 0.2) is 0 Å². The van der Waals surface area contributed by atoms with Gasteiger partial charge in [0, 0.05) is 0 Å². The van der Waals surface area contributed by atoms with Gasteiger partial charge in [-0.05, 0) is 43.9 Å². The molecule has 122 valence electrons. The second-order valence-electron chi connectivity index (χ2n) is 5.22. The number of carbonyl (C=O) groups is 1.